The van der Waals surface area contributed by atoms with Crippen molar-refractivity contribution in [2.75, 3.05) is 19.5 Å². The predicted molar refractivity (Wildman–Crippen MR) is 96.6 cm³/mol. The van der Waals surface area contributed by atoms with Gasteiger partial charge in [-0.15, -0.1) is 0 Å². The van der Waals surface area contributed by atoms with Gasteiger partial charge in [-0.3, -0.25) is 9.59 Å². The molecule has 0 heterocycles. The number of methoxy groups -OCH3 is 2. The monoisotopic (exact) mass is 357 g/mol. The van der Waals surface area contributed by atoms with Crippen molar-refractivity contribution in [3.05, 3.63) is 48.0 Å². The van der Waals surface area contributed by atoms with E-state index in [0.717, 1.165) is 0 Å². The summed E-state index contributed by atoms with van der Waals surface area (Å²) in [4.78, 5) is 23.7. The lowest BCUT2D eigenvalue weighted by Gasteiger charge is -2.09. The van der Waals surface area contributed by atoms with Gasteiger partial charge in [-0.25, -0.2) is 5.43 Å². The molecule has 0 fully saturated rings. The average Bonchev–Trinajstić information content (AvgIpc) is 2.63. The van der Waals surface area contributed by atoms with Gasteiger partial charge in [0.2, 0.25) is 11.8 Å². The van der Waals surface area contributed by atoms with Crippen molar-refractivity contribution >= 4 is 23.7 Å². The number of hydrogen-bond donors (Lipinski definition) is 3. The number of carbonyl (C=O) groups excluding carboxylic acids is 2. The molecule has 0 bridgehead atoms. The molecule has 0 spiro atoms. The van der Waals surface area contributed by atoms with Crippen LogP contribution >= 0.6 is 0 Å². The van der Waals surface area contributed by atoms with Crippen molar-refractivity contribution in [2.24, 2.45) is 5.10 Å². The average molecular weight is 357 g/mol. The van der Waals surface area contributed by atoms with Crippen LogP contribution in [-0.2, 0) is 9.59 Å². The molecule has 0 aromatic heterocycles. The fourth-order valence-corrected chi connectivity index (χ4v) is 2.08. The van der Waals surface area contributed by atoms with Gasteiger partial charge in [-0.2, -0.15) is 5.10 Å². The first-order valence-corrected chi connectivity index (χ1v) is 7.65. The van der Waals surface area contributed by atoms with Crippen LogP contribution in [-0.4, -0.2) is 37.4 Å². The summed E-state index contributed by atoms with van der Waals surface area (Å²) in [5.41, 5.74) is 3.35. The summed E-state index contributed by atoms with van der Waals surface area (Å²) in [6.45, 7) is 0. The van der Waals surface area contributed by atoms with Gasteiger partial charge in [0.15, 0.2) is 11.5 Å². The molecular formula is C18H19N3O5. The Labute approximate surface area is 150 Å². The van der Waals surface area contributed by atoms with Crippen molar-refractivity contribution in [1.82, 2.24) is 5.43 Å². The highest BCUT2D eigenvalue weighted by Crippen LogP contribution is 2.25. The maximum Gasteiger partial charge on any atom is 0.249 e. The maximum absolute atomic E-state index is 11.9. The number of aromatic hydroxyl groups is 1. The second-order valence-corrected chi connectivity index (χ2v) is 5.15. The van der Waals surface area contributed by atoms with Crippen LogP contribution in [0.15, 0.2) is 47.6 Å². The van der Waals surface area contributed by atoms with Gasteiger partial charge in [0, 0.05) is 0 Å². The summed E-state index contributed by atoms with van der Waals surface area (Å²) in [7, 11) is 2.92. The summed E-state index contributed by atoms with van der Waals surface area (Å²) in [5, 5.41) is 15.9. The molecule has 2 aromatic carbocycles. The fourth-order valence-electron chi connectivity index (χ4n) is 2.08. The van der Waals surface area contributed by atoms with Crippen LogP contribution in [0, 0.1) is 0 Å². The molecule has 0 saturated heterocycles. The Hall–Kier alpha value is -3.55. The highest BCUT2D eigenvalue weighted by Gasteiger charge is 2.11. The fraction of sp³-hybridized carbons (Fsp3) is 0.167. The number of phenolic OH excluding ortho intramolecular Hbond substituents is 1. The SMILES string of the molecule is COc1cc(/C=N/NC(=O)CC(=O)Nc2ccccc2OC)ccc1O. The van der Waals surface area contributed by atoms with Gasteiger partial charge in [-0.05, 0) is 35.9 Å². The quantitative estimate of drug-likeness (QED) is 0.398. The summed E-state index contributed by atoms with van der Waals surface area (Å²) < 4.78 is 10.1. The largest absolute Gasteiger partial charge is 0.504 e. The molecule has 8 nitrogen and oxygen atoms in total. The molecule has 8 heteroatoms. The van der Waals surface area contributed by atoms with E-state index < -0.39 is 18.2 Å². The number of rotatable bonds is 7. The van der Waals surface area contributed by atoms with E-state index in [1.165, 1.54) is 26.5 Å². The molecule has 0 aliphatic heterocycles. The second kappa shape index (κ2) is 9.07. The summed E-state index contributed by atoms with van der Waals surface area (Å²) >= 11 is 0. The number of benzene rings is 2. The van der Waals surface area contributed by atoms with E-state index in [2.05, 4.69) is 15.8 Å². The number of phenols is 1. The molecular weight excluding hydrogens is 338 g/mol. The number of para-hydroxylation sites is 2. The Morgan fingerprint density at radius 3 is 2.54 bits per heavy atom. The van der Waals surface area contributed by atoms with Crippen LogP contribution in [0.1, 0.15) is 12.0 Å². The van der Waals surface area contributed by atoms with Crippen LogP contribution in [0.5, 0.6) is 17.2 Å². The summed E-state index contributed by atoms with van der Waals surface area (Å²) in [6, 6.07) is 11.5. The molecule has 0 aliphatic carbocycles. The first kappa shape index (κ1) is 18.8. The highest BCUT2D eigenvalue weighted by molar-refractivity contribution is 6.04. The number of amides is 2. The molecule has 26 heavy (non-hydrogen) atoms. The van der Waals surface area contributed by atoms with Crippen molar-refractivity contribution < 1.29 is 24.2 Å². The van der Waals surface area contributed by atoms with Gasteiger partial charge in [-0.1, -0.05) is 12.1 Å². The number of nitrogens with zero attached hydrogens (tertiary/aromatic N) is 1. The van der Waals surface area contributed by atoms with Crippen LogP contribution in [0.3, 0.4) is 0 Å². The van der Waals surface area contributed by atoms with E-state index in [0.29, 0.717) is 17.0 Å². The summed E-state index contributed by atoms with van der Waals surface area (Å²) in [5.74, 6) is -0.272. The van der Waals surface area contributed by atoms with Crippen molar-refractivity contribution in [2.45, 2.75) is 6.42 Å². The third kappa shape index (κ3) is 5.23. The zero-order chi connectivity index (χ0) is 18.9. The van der Waals surface area contributed by atoms with Crippen LogP contribution in [0.4, 0.5) is 5.69 Å². The highest BCUT2D eigenvalue weighted by atomic mass is 16.5. The van der Waals surface area contributed by atoms with Gasteiger partial charge < -0.3 is 19.9 Å². The maximum atomic E-state index is 11.9. The first-order chi connectivity index (χ1) is 12.5. The number of carbonyl (C=O) groups is 2. The van der Waals surface area contributed by atoms with E-state index >= 15 is 0 Å². The lowest BCUT2D eigenvalue weighted by Crippen LogP contribution is -2.24. The molecule has 2 amide bonds. The molecule has 3 N–H and O–H groups in total. The molecule has 2 aromatic rings. The number of hydrazone groups is 1. The Bertz CT molecular complexity index is 820. The predicted octanol–water partition coefficient (Wildman–Crippen LogP) is 1.89. The molecule has 0 atom stereocenters. The molecule has 136 valence electrons. The Morgan fingerprint density at radius 2 is 1.81 bits per heavy atom. The van der Waals surface area contributed by atoms with E-state index in [4.69, 9.17) is 9.47 Å². The van der Waals surface area contributed by atoms with E-state index in [1.54, 1.807) is 36.4 Å². The van der Waals surface area contributed by atoms with Crippen LogP contribution in [0.2, 0.25) is 0 Å². The topological polar surface area (TPSA) is 109 Å². The smallest absolute Gasteiger partial charge is 0.249 e. The Morgan fingerprint density at radius 1 is 1.08 bits per heavy atom. The van der Waals surface area contributed by atoms with E-state index in [-0.39, 0.29) is 11.5 Å². The molecule has 0 radical (unpaired) electrons. The van der Waals surface area contributed by atoms with Crippen molar-refractivity contribution in [3.8, 4) is 17.2 Å². The number of ether oxygens (including phenoxy) is 2. The van der Waals surface area contributed by atoms with Crippen LogP contribution < -0.4 is 20.2 Å². The van der Waals surface area contributed by atoms with Gasteiger partial charge in [0.25, 0.3) is 0 Å². The molecule has 0 aliphatic rings. The van der Waals surface area contributed by atoms with Gasteiger partial charge in [0.05, 0.1) is 26.1 Å². The zero-order valence-corrected chi connectivity index (χ0v) is 14.4. The van der Waals surface area contributed by atoms with Crippen molar-refractivity contribution in [3.63, 3.8) is 0 Å². The minimum Gasteiger partial charge on any atom is -0.504 e. The first-order valence-electron chi connectivity index (χ1n) is 7.65. The van der Waals surface area contributed by atoms with E-state index in [1.807, 2.05) is 0 Å². The lowest BCUT2D eigenvalue weighted by molar-refractivity contribution is -0.126. The third-order valence-electron chi connectivity index (χ3n) is 3.31. The van der Waals surface area contributed by atoms with Crippen molar-refractivity contribution in [1.29, 1.82) is 0 Å². The number of anilines is 1. The lowest BCUT2D eigenvalue weighted by atomic mass is 10.2. The van der Waals surface area contributed by atoms with E-state index in [9.17, 15) is 14.7 Å². The molecule has 2 rings (SSSR count). The molecule has 0 saturated carbocycles. The second-order valence-electron chi connectivity index (χ2n) is 5.15. The Balaban J connectivity index is 1.87. The van der Waals surface area contributed by atoms with Gasteiger partial charge >= 0.3 is 0 Å². The Kier molecular flexibility index (Phi) is 6.55. The zero-order valence-electron chi connectivity index (χ0n) is 14.4. The number of hydrogen-bond acceptors (Lipinski definition) is 6. The van der Waals surface area contributed by atoms with Crippen LogP contribution in [0.25, 0.3) is 0 Å². The minimum atomic E-state index is -0.570. The minimum absolute atomic E-state index is 0.00157. The number of nitrogens with one attached hydrogen (secondary N) is 2. The molecule has 0 unspecified atom stereocenters. The standard InChI is InChI=1S/C18H19N3O5/c1-25-15-6-4-3-5-13(15)20-17(23)10-18(24)21-19-11-12-7-8-14(22)16(9-12)26-2/h3-9,11,22H,10H2,1-2H3,(H,20,23)(H,21,24)/b19-11+. The van der Waals surface area contributed by atoms with Gasteiger partial charge in [0.1, 0.15) is 12.2 Å². The summed E-state index contributed by atoms with van der Waals surface area (Å²) in [6.07, 6.45) is 0.978. The third-order valence-corrected chi connectivity index (χ3v) is 3.31. The normalized spacial score (nSPS) is 10.4.